The van der Waals surface area contributed by atoms with E-state index in [0.717, 1.165) is 59.7 Å². The Balaban J connectivity index is 1.16. The molecule has 1 atom stereocenters. The molecule has 0 aliphatic carbocycles. The van der Waals surface area contributed by atoms with Crippen molar-refractivity contribution < 1.29 is 23.8 Å². The number of piperidine rings is 1. The van der Waals surface area contributed by atoms with Crippen LogP contribution in [0.3, 0.4) is 0 Å². The third-order valence-corrected chi connectivity index (χ3v) is 9.09. The molecule has 0 amide bonds. The third kappa shape index (κ3) is 5.66. The van der Waals surface area contributed by atoms with Crippen LogP contribution in [0, 0.1) is 12.7 Å². The lowest BCUT2D eigenvalue weighted by molar-refractivity contribution is -0.131. The average molecular weight is 609 g/mol. The molecule has 6 rings (SSSR count). The quantitative estimate of drug-likeness (QED) is 0.225. The van der Waals surface area contributed by atoms with E-state index >= 15 is 0 Å². The lowest BCUT2D eigenvalue weighted by Crippen LogP contribution is -2.34. The SMILES string of the molecule is Cc1ncsc1Cn1c(/C=C/C(=O)O)cnc1CN1CCC(c2cccc3c2OC(C)(c2ccc(Cl)cc2F)O3)CC1. The van der Waals surface area contributed by atoms with E-state index in [1.807, 2.05) is 24.6 Å². The number of imidazole rings is 1. The number of carboxylic acid groups (broad SMARTS) is 1. The summed E-state index contributed by atoms with van der Waals surface area (Å²) in [5.41, 5.74) is 4.89. The standard InChI is InChI=1S/C31H30ClFN4O4S/c1-19-27(42-18-35-19)16-37-22(7-9-29(38)39)15-34-28(37)17-36-12-10-20(11-13-36)23-4-3-5-26-30(23)41-31(2,40-26)24-8-6-21(32)14-25(24)33/h3-9,14-15,18,20H,10-13,16-17H2,1-2H3,(H,38,39)/b9-7+. The summed E-state index contributed by atoms with van der Waals surface area (Å²) in [6.07, 6.45) is 6.27. The number of nitrogens with zero attached hydrogens (tertiary/aromatic N) is 4. The Hall–Kier alpha value is -3.73. The van der Waals surface area contributed by atoms with Gasteiger partial charge in [0.15, 0.2) is 11.5 Å². The Morgan fingerprint density at radius 3 is 2.74 bits per heavy atom. The van der Waals surface area contributed by atoms with Crippen LogP contribution in [0.25, 0.3) is 6.08 Å². The Morgan fingerprint density at radius 1 is 1.21 bits per heavy atom. The molecular formula is C31H30ClFN4O4S. The van der Waals surface area contributed by atoms with Crippen LogP contribution >= 0.6 is 22.9 Å². The number of carboxylic acids is 1. The van der Waals surface area contributed by atoms with E-state index in [1.54, 1.807) is 42.7 Å². The van der Waals surface area contributed by atoms with Crippen molar-refractivity contribution in [3.8, 4) is 11.5 Å². The molecule has 0 saturated carbocycles. The van der Waals surface area contributed by atoms with Crippen LogP contribution < -0.4 is 9.47 Å². The van der Waals surface area contributed by atoms with Crippen molar-refractivity contribution in [2.75, 3.05) is 13.1 Å². The number of rotatable bonds is 8. The van der Waals surface area contributed by atoms with Crippen molar-refractivity contribution in [2.24, 2.45) is 0 Å². The van der Waals surface area contributed by atoms with Gasteiger partial charge in [-0.1, -0.05) is 23.7 Å². The highest BCUT2D eigenvalue weighted by molar-refractivity contribution is 7.09. The number of thiazole rings is 1. The number of hydrogen-bond donors (Lipinski definition) is 1. The van der Waals surface area contributed by atoms with Gasteiger partial charge in [0.25, 0.3) is 5.79 Å². The van der Waals surface area contributed by atoms with Crippen LogP contribution in [0.5, 0.6) is 11.5 Å². The fraction of sp³-hybridized carbons (Fsp3) is 0.323. The van der Waals surface area contributed by atoms with Gasteiger partial charge in [0.1, 0.15) is 11.6 Å². The molecule has 1 unspecified atom stereocenters. The van der Waals surface area contributed by atoms with Gasteiger partial charge in [-0.25, -0.2) is 19.2 Å². The molecule has 0 radical (unpaired) electrons. The highest BCUT2D eigenvalue weighted by Gasteiger charge is 2.43. The van der Waals surface area contributed by atoms with Crippen molar-refractivity contribution in [1.29, 1.82) is 0 Å². The lowest BCUT2D eigenvalue weighted by atomic mass is 9.88. The first-order chi connectivity index (χ1) is 20.2. The van der Waals surface area contributed by atoms with E-state index in [1.165, 1.54) is 6.07 Å². The largest absolute Gasteiger partial charge is 0.478 e. The maximum Gasteiger partial charge on any atom is 0.328 e. The van der Waals surface area contributed by atoms with E-state index in [-0.39, 0.29) is 5.92 Å². The monoisotopic (exact) mass is 608 g/mol. The van der Waals surface area contributed by atoms with Gasteiger partial charge in [-0.15, -0.1) is 11.3 Å². The molecule has 4 heterocycles. The minimum atomic E-state index is -1.28. The second-order valence-electron chi connectivity index (χ2n) is 10.7. The predicted octanol–water partition coefficient (Wildman–Crippen LogP) is 6.61. The minimum absolute atomic E-state index is 0.255. The van der Waals surface area contributed by atoms with E-state index < -0.39 is 17.6 Å². The maximum absolute atomic E-state index is 14.8. The van der Waals surface area contributed by atoms with Gasteiger partial charge in [-0.05, 0) is 69.1 Å². The van der Waals surface area contributed by atoms with Gasteiger partial charge in [0.05, 0.1) is 41.7 Å². The Bertz CT molecular complexity index is 1660. The normalized spacial score (nSPS) is 19.1. The molecule has 2 aromatic heterocycles. The fourth-order valence-electron chi connectivity index (χ4n) is 5.69. The molecule has 4 aromatic rings. The summed E-state index contributed by atoms with van der Waals surface area (Å²) < 4.78 is 29.4. The first-order valence-electron chi connectivity index (χ1n) is 13.7. The van der Waals surface area contributed by atoms with Gasteiger partial charge in [0.2, 0.25) is 0 Å². The average Bonchev–Trinajstić information content (AvgIpc) is 3.64. The number of hydrogen-bond acceptors (Lipinski definition) is 7. The van der Waals surface area contributed by atoms with Crippen molar-refractivity contribution in [3.05, 3.63) is 98.2 Å². The number of aryl methyl sites for hydroxylation is 1. The van der Waals surface area contributed by atoms with Crippen LogP contribution in [0.2, 0.25) is 5.02 Å². The molecule has 2 aliphatic heterocycles. The summed E-state index contributed by atoms with van der Waals surface area (Å²) >= 11 is 7.54. The van der Waals surface area contributed by atoms with Gasteiger partial charge in [0, 0.05) is 28.5 Å². The molecule has 2 aliphatic rings. The Kier molecular flexibility index (Phi) is 7.78. The predicted molar refractivity (Wildman–Crippen MR) is 159 cm³/mol. The molecule has 1 saturated heterocycles. The minimum Gasteiger partial charge on any atom is -0.478 e. The molecule has 1 N–H and O–H groups in total. The van der Waals surface area contributed by atoms with E-state index in [9.17, 15) is 9.18 Å². The maximum atomic E-state index is 14.8. The van der Waals surface area contributed by atoms with Gasteiger partial charge in [-0.3, -0.25) is 4.90 Å². The zero-order valence-corrected chi connectivity index (χ0v) is 24.8. The summed E-state index contributed by atoms with van der Waals surface area (Å²) in [7, 11) is 0. The molecule has 1 fully saturated rings. The molecule has 2 aromatic carbocycles. The zero-order valence-electron chi connectivity index (χ0n) is 23.2. The topological polar surface area (TPSA) is 89.7 Å². The van der Waals surface area contributed by atoms with Crippen LogP contribution in [0.1, 0.15) is 58.9 Å². The smallest absolute Gasteiger partial charge is 0.328 e. The number of benzene rings is 2. The van der Waals surface area contributed by atoms with E-state index in [0.29, 0.717) is 35.2 Å². The number of fused-ring (bicyclic) bond motifs is 1. The first-order valence-corrected chi connectivity index (χ1v) is 15.0. The van der Waals surface area contributed by atoms with E-state index in [2.05, 4.69) is 25.5 Å². The van der Waals surface area contributed by atoms with Crippen LogP contribution in [-0.2, 0) is 23.7 Å². The summed E-state index contributed by atoms with van der Waals surface area (Å²) in [5.74, 6) is -0.352. The molecule has 0 spiro atoms. The molecular weight excluding hydrogens is 579 g/mol. The number of aliphatic carboxylic acids is 1. The Morgan fingerprint density at radius 2 is 2.02 bits per heavy atom. The number of aromatic nitrogens is 3. The fourth-order valence-corrected chi connectivity index (χ4v) is 6.61. The highest BCUT2D eigenvalue weighted by atomic mass is 35.5. The van der Waals surface area contributed by atoms with Crippen molar-refractivity contribution in [3.63, 3.8) is 0 Å². The van der Waals surface area contributed by atoms with Crippen LogP contribution in [0.4, 0.5) is 4.39 Å². The van der Waals surface area contributed by atoms with Crippen LogP contribution in [0.15, 0.2) is 54.2 Å². The summed E-state index contributed by atoms with van der Waals surface area (Å²) in [6, 6.07) is 10.4. The molecule has 218 valence electrons. The molecule has 11 heteroatoms. The van der Waals surface area contributed by atoms with Gasteiger partial charge in [-0.2, -0.15) is 0 Å². The summed E-state index contributed by atoms with van der Waals surface area (Å²) in [5, 5.41) is 9.47. The van der Waals surface area contributed by atoms with Gasteiger partial charge < -0.3 is 19.1 Å². The third-order valence-electron chi connectivity index (χ3n) is 7.94. The number of ether oxygens (including phenoxy) is 2. The number of para-hydroxylation sites is 1. The number of halogens is 2. The van der Waals surface area contributed by atoms with E-state index in [4.69, 9.17) is 26.2 Å². The second-order valence-corrected chi connectivity index (χ2v) is 12.1. The molecule has 0 bridgehead atoms. The highest BCUT2D eigenvalue weighted by Crippen LogP contribution is 2.49. The lowest BCUT2D eigenvalue weighted by Gasteiger charge is -2.32. The van der Waals surface area contributed by atoms with Gasteiger partial charge >= 0.3 is 5.97 Å². The van der Waals surface area contributed by atoms with Crippen LogP contribution in [-0.4, -0.2) is 43.6 Å². The summed E-state index contributed by atoms with van der Waals surface area (Å²) in [4.78, 5) is 23.7. The molecule has 42 heavy (non-hydrogen) atoms. The van der Waals surface area contributed by atoms with Crippen molar-refractivity contribution in [1.82, 2.24) is 19.4 Å². The second kappa shape index (κ2) is 11.5. The molecule has 8 nitrogen and oxygen atoms in total. The van der Waals surface area contributed by atoms with Crippen molar-refractivity contribution >= 4 is 35.0 Å². The Labute approximate surface area is 252 Å². The first kappa shape index (κ1) is 28.4. The summed E-state index contributed by atoms with van der Waals surface area (Å²) in [6.45, 7) is 6.63. The van der Waals surface area contributed by atoms with Crippen molar-refractivity contribution in [2.45, 2.75) is 51.5 Å². The number of carbonyl (C=O) groups is 1. The zero-order chi connectivity index (χ0) is 29.4. The number of likely N-dealkylation sites (tertiary alicyclic amines) is 1.